The number of nitrogens with one attached hydrogen (secondary N) is 2. The third-order valence-corrected chi connectivity index (χ3v) is 4.47. The molecule has 0 radical (unpaired) electrons. The van der Waals surface area contributed by atoms with Gasteiger partial charge >= 0.3 is 0 Å². The lowest BCUT2D eigenvalue weighted by Gasteiger charge is -2.32. The molecule has 1 aliphatic rings. The summed E-state index contributed by atoms with van der Waals surface area (Å²) in [6.45, 7) is 5.15. The van der Waals surface area contributed by atoms with E-state index in [0.29, 0.717) is 13.1 Å². The van der Waals surface area contributed by atoms with Crippen LogP contribution >= 0.6 is 0 Å². The van der Waals surface area contributed by atoms with Gasteiger partial charge in [0, 0.05) is 42.1 Å². The Hall–Kier alpha value is -2.30. The number of fused-ring (bicyclic) bond motifs is 1. The second-order valence-corrected chi connectivity index (χ2v) is 6.48. The Bertz CT molecular complexity index is 712. The molecule has 2 amide bonds. The molecule has 3 rings (SSSR count). The number of benzene rings is 1. The topological polar surface area (TPSA) is 65.2 Å². The average molecular weight is 313 g/mol. The Morgan fingerprint density at radius 1 is 1.22 bits per heavy atom. The number of rotatable bonds is 3. The van der Waals surface area contributed by atoms with E-state index in [2.05, 4.69) is 10.3 Å². The maximum atomic E-state index is 12.7. The normalized spacial score (nSPS) is 16.0. The van der Waals surface area contributed by atoms with Gasteiger partial charge in [0.25, 0.3) is 5.91 Å². The lowest BCUT2D eigenvalue weighted by atomic mass is 10.0. The van der Waals surface area contributed by atoms with Crippen LogP contribution in [-0.2, 0) is 4.79 Å². The molecule has 2 aromatic rings. The molecule has 2 N–H and O–H groups in total. The number of likely N-dealkylation sites (tertiary alicyclic amines) is 1. The van der Waals surface area contributed by atoms with Gasteiger partial charge in [0.05, 0.1) is 5.56 Å². The molecule has 0 aliphatic carbocycles. The van der Waals surface area contributed by atoms with Crippen LogP contribution in [0.2, 0.25) is 0 Å². The molecule has 0 unspecified atom stereocenters. The van der Waals surface area contributed by atoms with Crippen LogP contribution in [0, 0.1) is 5.92 Å². The summed E-state index contributed by atoms with van der Waals surface area (Å²) in [6, 6.07) is 8.02. The van der Waals surface area contributed by atoms with Crippen molar-refractivity contribution in [3.8, 4) is 0 Å². The van der Waals surface area contributed by atoms with Gasteiger partial charge in [0.2, 0.25) is 5.91 Å². The molecule has 1 aliphatic heterocycles. The minimum atomic E-state index is 0.000817. The van der Waals surface area contributed by atoms with Gasteiger partial charge in [-0.1, -0.05) is 32.0 Å². The van der Waals surface area contributed by atoms with Gasteiger partial charge in [0.1, 0.15) is 0 Å². The van der Waals surface area contributed by atoms with Crippen molar-refractivity contribution in [2.75, 3.05) is 13.1 Å². The van der Waals surface area contributed by atoms with Gasteiger partial charge in [0.15, 0.2) is 0 Å². The SMILES string of the molecule is CC(C)C(=O)NC1CCN(C(=O)c2c[nH]c3ccccc23)CC1. The first-order valence-corrected chi connectivity index (χ1v) is 8.22. The number of nitrogens with zero attached hydrogens (tertiary/aromatic N) is 1. The zero-order valence-electron chi connectivity index (χ0n) is 13.6. The number of H-pyrrole nitrogens is 1. The first-order chi connectivity index (χ1) is 11.1. The lowest BCUT2D eigenvalue weighted by Crippen LogP contribution is -2.47. The molecule has 0 saturated carbocycles. The summed E-state index contributed by atoms with van der Waals surface area (Å²) < 4.78 is 0. The molecule has 1 aromatic carbocycles. The Morgan fingerprint density at radius 3 is 2.61 bits per heavy atom. The van der Waals surface area contributed by atoms with E-state index in [1.54, 1.807) is 6.20 Å². The van der Waals surface area contributed by atoms with Crippen LogP contribution in [0.5, 0.6) is 0 Å². The van der Waals surface area contributed by atoms with Crippen molar-refractivity contribution in [3.05, 3.63) is 36.0 Å². The van der Waals surface area contributed by atoms with Crippen molar-refractivity contribution >= 4 is 22.7 Å². The van der Waals surface area contributed by atoms with E-state index in [-0.39, 0.29) is 23.8 Å². The Kier molecular flexibility index (Phi) is 4.37. The summed E-state index contributed by atoms with van der Waals surface area (Å²) >= 11 is 0. The molecule has 1 saturated heterocycles. The van der Waals surface area contributed by atoms with Gasteiger partial charge in [-0.05, 0) is 18.9 Å². The van der Waals surface area contributed by atoms with Gasteiger partial charge in [-0.2, -0.15) is 0 Å². The van der Waals surface area contributed by atoms with Crippen LogP contribution in [0.15, 0.2) is 30.5 Å². The smallest absolute Gasteiger partial charge is 0.256 e. The zero-order valence-corrected chi connectivity index (χ0v) is 13.6. The van der Waals surface area contributed by atoms with Crippen LogP contribution in [0.1, 0.15) is 37.0 Å². The quantitative estimate of drug-likeness (QED) is 0.914. The van der Waals surface area contributed by atoms with Crippen molar-refractivity contribution in [1.29, 1.82) is 0 Å². The fraction of sp³-hybridized carbons (Fsp3) is 0.444. The highest BCUT2D eigenvalue weighted by Crippen LogP contribution is 2.21. The maximum Gasteiger partial charge on any atom is 0.256 e. The van der Waals surface area contributed by atoms with E-state index in [1.165, 1.54) is 0 Å². The van der Waals surface area contributed by atoms with Crippen LogP contribution in [0.4, 0.5) is 0 Å². The number of para-hydroxylation sites is 1. The highest BCUT2D eigenvalue weighted by atomic mass is 16.2. The molecule has 122 valence electrons. The molecular weight excluding hydrogens is 290 g/mol. The summed E-state index contributed by atoms with van der Waals surface area (Å²) in [7, 11) is 0. The Balaban J connectivity index is 1.63. The molecule has 0 spiro atoms. The van der Waals surface area contributed by atoms with E-state index >= 15 is 0 Å². The molecular formula is C18H23N3O2. The maximum absolute atomic E-state index is 12.7. The first kappa shape index (κ1) is 15.6. The van der Waals surface area contributed by atoms with Crippen LogP contribution < -0.4 is 5.32 Å². The van der Waals surface area contributed by atoms with E-state index in [0.717, 1.165) is 29.3 Å². The number of hydrogen-bond donors (Lipinski definition) is 2. The summed E-state index contributed by atoms with van der Waals surface area (Å²) in [5.74, 6) is 0.156. The predicted molar refractivity (Wildman–Crippen MR) is 90.2 cm³/mol. The Labute approximate surface area is 136 Å². The summed E-state index contributed by atoms with van der Waals surface area (Å²) in [6.07, 6.45) is 3.42. The second-order valence-electron chi connectivity index (χ2n) is 6.48. The molecule has 0 bridgehead atoms. The fourth-order valence-electron chi connectivity index (χ4n) is 3.01. The first-order valence-electron chi connectivity index (χ1n) is 8.22. The highest BCUT2D eigenvalue weighted by molar-refractivity contribution is 6.06. The second kappa shape index (κ2) is 6.44. The molecule has 5 heteroatoms. The minimum Gasteiger partial charge on any atom is -0.360 e. The van der Waals surface area contributed by atoms with Gasteiger partial charge in [-0.3, -0.25) is 9.59 Å². The molecule has 23 heavy (non-hydrogen) atoms. The van der Waals surface area contributed by atoms with Crippen LogP contribution in [-0.4, -0.2) is 40.8 Å². The van der Waals surface area contributed by atoms with Crippen molar-refractivity contribution in [1.82, 2.24) is 15.2 Å². The summed E-state index contributed by atoms with van der Waals surface area (Å²) in [4.78, 5) is 29.5. The highest BCUT2D eigenvalue weighted by Gasteiger charge is 2.26. The van der Waals surface area contributed by atoms with E-state index in [1.807, 2.05) is 43.0 Å². The van der Waals surface area contributed by atoms with E-state index in [9.17, 15) is 9.59 Å². The molecule has 5 nitrogen and oxygen atoms in total. The van der Waals surface area contributed by atoms with E-state index < -0.39 is 0 Å². The summed E-state index contributed by atoms with van der Waals surface area (Å²) in [5.41, 5.74) is 1.71. The number of piperidine rings is 1. The number of carbonyl (C=O) groups excluding carboxylic acids is 2. The zero-order chi connectivity index (χ0) is 16.4. The number of carbonyl (C=O) groups is 2. The fourth-order valence-corrected chi connectivity index (χ4v) is 3.01. The van der Waals surface area contributed by atoms with Gasteiger partial charge in [-0.15, -0.1) is 0 Å². The van der Waals surface area contributed by atoms with Crippen molar-refractivity contribution in [2.24, 2.45) is 5.92 Å². The van der Waals surface area contributed by atoms with Crippen molar-refractivity contribution in [3.63, 3.8) is 0 Å². The van der Waals surface area contributed by atoms with Crippen molar-refractivity contribution < 1.29 is 9.59 Å². The predicted octanol–water partition coefficient (Wildman–Crippen LogP) is 2.54. The van der Waals surface area contributed by atoms with Gasteiger partial charge in [-0.25, -0.2) is 0 Å². The third kappa shape index (κ3) is 3.23. The average Bonchev–Trinajstić information content (AvgIpc) is 2.99. The number of aromatic nitrogens is 1. The number of aromatic amines is 1. The molecule has 0 atom stereocenters. The standard InChI is InChI=1S/C18H23N3O2/c1-12(2)17(22)20-13-7-9-21(10-8-13)18(23)15-11-19-16-6-4-3-5-14(15)16/h3-6,11-13,19H,7-10H2,1-2H3,(H,20,22). The monoisotopic (exact) mass is 313 g/mol. The van der Waals surface area contributed by atoms with E-state index in [4.69, 9.17) is 0 Å². The molecule has 1 fully saturated rings. The van der Waals surface area contributed by atoms with Crippen LogP contribution in [0.25, 0.3) is 10.9 Å². The van der Waals surface area contributed by atoms with Crippen molar-refractivity contribution in [2.45, 2.75) is 32.7 Å². The minimum absolute atomic E-state index is 0.000817. The van der Waals surface area contributed by atoms with Crippen LogP contribution in [0.3, 0.4) is 0 Å². The summed E-state index contributed by atoms with van der Waals surface area (Å²) in [5, 5.41) is 4.02. The Morgan fingerprint density at radius 2 is 1.91 bits per heavy atom. The van der Waals surface area contributed by atoms with Gasteiger partial charge < -0.3 is 15.2 Å². The number of amides is 2. The molecule has 1 aromatic heterocycles. The molecule has 2 heterocycles. The third-order valence-electron chi connectivity index (χ3n) is 4.47. The lowest BCUT2D eigenvalue weighted by molar-refractivity contribution is -0.124. The largest absolute Gasteiger partial charge is 0.360 e. The number of hydrogen-bond acceptors (Lipinski definition) is 2.